The fourth-order valence-electron chi connectivity index (χ4n) is 3.65. The van der Waals surface area contributed by atoms with E-state index in [1.807, 2.05) is 12.1 Å². The largest absolute Gasteiger partial charge is 0.336 e. The minimum Gasteiger partial charge on any atom is -0.336 e. The van der Waals surface area contributed by atoms with Gasteiger partial charge in [0.2, 0.25) is 0 Å². The molecule has 4 rings (SSSR count). The fraction of sp³-hybridized carbons (Fsp3) is 0.286. The van der Waals surface area contributed by atoms with Crippen LogP contribution in [-0.2, 0) is 6.54 Å². The Balaban J connectivity index is 1.42. The van der Waals surface area contributed by atoms with Crippen LogP contribution in [0.5, 0.6) is 0 Å². The van der Waals surface area contributed by atoms with Crippen molar-refractivity contribution in [1.29, 1.82) is 0 Å². The number of carbonyl (C=O) groups excluding carboxylic acids is 1. The number of nitrogens with zero attached hydrogens (tertiary/aromatic N) is 4. The lowest BCUT2D eigenvalue weighted by atomic mass is 10.1. The van der Waals surface area contributed by atoms with E-state index in [-0.39, 0.29) is 17.2 Å². The third-order valence-electron chi connectivity index (χ3n) is 5.35. The van der Waals surface area contributed by atoms with Crippen molar-refractivity contribution in [2.75, 3.05) is 26.2 Å². The Bertz CT molecular complexity index is 1180. The molecule has 1 fully saturated rings. The Morgan fingerprint density at radius 1 is 1.17 bits per heavy atom. The van der Waals surface area contributed by atoms with Crippen molar-refractivity contribution in [3.8, 4) is 0 Å². The molecule has 1 amide bonds. The van der Waals surface area contributed by atoms with Crippen LogP contribution in [0.2, 0.25) is 0 Å². The summed E-state index contributed by atoms with van der Waals surface area (Å²) in [5.74, 6) is 0.377. The molecule has 9 heteroatoms. The number of carbonyl (C=O) groups is 1. The van der Waals surface area contributed by atoms with Gasteiger partial charge in [-0.2, -0.15) is 0 Å². The SMILES string of the molecule is Cc1ccc(C(=O)N2CCN(Cc3nc4ccccc4c(=O)[nH]3)CC2)cc1[N+](=O)[O-]. The molecule has 1 saturated heterocycles. The van der Waals surface area contributed by atoms with Gasteiger partial charge < -0.3 is 9.88 Å². The number of fused-ring (bicyclic) bond motifs is 1. The monoisotopic (exact) mass is 407 g/mol. The van der Waals surface area contributed by atoms with Crippen molar-refractivity contribution >= 4 is 22.5 Å². The van der Waals surface area contributed by atoms with Gasteiger partial charge in [0.15, 0.2) is 0 Å². The lowest BCUT2D eigenvalue weighted by molar-refractivity contribution is -0.385. The average molecular weight is 407 g/mol. The zero-order valence-corrected chi connectivity index (χ0v) is 16.5. The van der Waals surface area contributed by atoms with Crippen molar-refractivity contribution in [2.45, 2.75) is 13.5 Å². The normalized spacial score (nSPS) is 14.8. The summed E-state index contributed by atoms with van der Waals surface area (Å²) in [6, 6.07) is 11.8. The van der Waals surface area contributed by atoms with Gasteiger partial charge in [0.25, 0.3) is 17.2 Å². The Labute approximate surface area is 172 Å². The van der Waals surface area contributed by atoms with Crippen molar-refractivity contribution in [2.24, 2.45) is 0 Å². The van der Waals surface area contributed by atoms with Crippen LogP contribution in [0.3, 0.4) is 0 Å². The van der Waals surface area contributed by atoms with E-state index >= 15 is 0 Å². The van der Waals surface area contributed by atoms with Gasteiger partial charge >= 0.3 is 0 Å². The number of hydrogen-bond donors (Lipinski definition) is 1. The summed E-state index contributed by atoms with van der Waals surface area (Å²) in [7, 11) is 0. The number of aryl methyl sites for hydroxylation is 1. The van der Waals surface area contributed by atoms with Crippen LogP contribution in [0.4, 0.5) is 5.69 Å². The van der Waals surface area contributed by atoms with E-state index in [1.54, 1.807) is 36.1 Å². The van der Waals surface area contributed by atoms with Crippen LogP contribution in [0.15, 0.2) is 47.3 Å². The molecule has 0 atom stereocenters. The van der Waals surface area contributed by atoms with Gasteiger partial charge in [0.1, 0.15) is 5.82 Å². The van der Waals surface area contributed by atoms with Crippen LogP contribution >= 0.6 is 0 Å². The van der Waals surface area contributed by atoms with E-state index in [4.69, 9.17) is 0 Å². The first kappa shape index (κ1) is 19.7. The zero-order valence-electron chi connectivity index (χ0n) is 16.5. The summed E-state index contributed by atoms with van der Waals surface area (Å²) in [6.07, 6.45) is 0. The molecule has 1 aromatic heterocycles. The van der Waals surface area contributed by atoms with Gasteiger partial charge in [0, 0.05) is 43.4 Å². The minimum atomic E-state index is -0.471. The summed E-state index contributed by atoms with van der Waals surface area (Å²) in [4.78, 5) is 46.8. The van der Waals surface area contributed by atoms with E-state index in [0.717, 1.165) is 0 Å². The van der Waals surface area contributed by atoms with Gasteiger partial charge in [-0.3, -0.25) is 24.6 Å². The molecular weight excluding hydrogens is 386 g/mol. The first-order valence-electron chi connectivity index (χ1n) is 9.67. The molecule has 1 aliphatic heterocycles. The number of aromatic nitrogens is 2. The topological polar surface area (TPSA) is 112 Å². The number of nitro groups is 1. The smallest absolute Gasteiger partial charge is 0.273 e. The maximum atomic E-state index is 12.8. The second-order valence-corrected chi connectivity index (χ2v) is 7.36. The van der Waals surface area contributed by atoms with E-state index in [0.29, 0.717) is 60.6 Å². The molecule has 0 saturated carbocycles. The number of amides is 1. The molecule has 30 heavy (non-hydrogen) atoms. The third-order valence-corrected chi connectivity index (χ3v) is 5.35. The van der Waals surface area contributed by atoms with E-state index in [1.165, 1.54) is 6.07 Å². The maximum Gasteiger partial charge on any atom is 0.273 e. The molecule has 9 nitrogen and oxygen atoms in total. The number of benzene rings is 2. The fourth-order valence-corrected chi connectivity index (χ4v) is 3.65. The first-order chi connectivity index (χ1) is 14.4. The molecule has 154 valence electrons. The zero-order chi connectivity index (χ0) is 21.3. The molecule has 3 aromatic rings. The van der Waals surface area contributed by atoms with Gasteiger partial charge in [-0.25, -0.2) is 4.98 Å². The molecule has 0 unspecified atom stereocenters. The van der Waals surface area contributed by atoms with Crippen LogP contribution < -0.4 is 5.56 Å². The highest BCUT2D eigenvalue weighted by Gasteiger charge is 2.24. The molecule has 2 heterocycles. The highest BCUT2D eigenvalue weighted by Crippen LogP contribution is 2.21. The second kappa shape index (κ2) is 8.03. The maximum absolute atomic E-state index is 12.8. The standard InChI is InChI=1S/C21H21N5O4/c1-14-6-7-15(12-18(14)26(29)30)21(28)25-10-8-24(9-11-25)13-19-22-17-5-3-2-4-16(17)20(27)23-19/h2-7,12H,8-11,13H2,1H3,(H,22,23,27). The summed E-state index contributed by atoms with van der Waals surface area (Å²) in [5, 5.41) is 11.7. The van der Waals surface area contributed by atoms with Crippen LogP contribution in [-0.4, -0.2) is 56.8 Å². The van der Waals surface area contributed by atoms with Crippen molar-refractivity contribution in [3.63, 3.8) is 0 Å². The third kappa shape index (κ3) is 3.92. The Kier molecular flexibility index (Phi) is 5.28. The summed E-state index contributed by atoms with van der Waals surface area (Å²) in [6.45, 7) is 4.37. The number of H-pyrrole nitrogens is 1. The second-order valence-electron chi connectivity index (χ2n) is 7.36. The number of para-hydroxylation sites is 1. The first-order valence-corrected chi connectivity index (χ1v) is 9.67. The predicted molar refractivity (Wildman–Crippen MR) is 111 cm³/mol. The van der Waals surface area contributed by atoms with Crippen LogP contribution in [0.1, 0.15) is 21.7 Å². The Morgan fingerprint density at radius 3 is 2.63 bits per heavy atom. The van der Waals surface area contributed by atoms with Crippen molar-refractivity contribution in [3.05, 3.63) is 79.9 Å². The number of rotatable bonds is 4. The lowest BCUT2D eigenvalue weighted by Crippen LogP contribution is -2.48. The van der Waals surface area contributed by atoms with Crippen LogP contribution in [0.25, 0.3) is 10.9 Å². The van der Waals surface area contributed by atoms with E-state index in [2.05, 4.69) is 14.9 Å². The Morgan fingerprint density at radius 2 is 1.90 bits per heavy atom. The molecule has 0 radical (unpaired) electrons. The lowest BCUT2D eigenvalue weighted by Gasteiger charge is -2.34. The quantitative estimate of drug-likeness (QED) is 0.524. The average Bonchev–Trinajstić information content (AvgIpc) is 2.74. The summed E-state index contributed by atoms with van der Waals surface area (Å²) >= 11 is 0. The number of piperazine rings is 1. The van der Waals surface area contributed by atoms with Crippen molar-refractivity contribution in [1.82, 2.24) is 19.8 Å². The number of hydrogen-bond acceptors (Lipinski definition) is 6. The van der Waals surface area contributed by atoms with Crippen LogP contribution in [0, 0.1) is 17.0 Å². The summed E-state index contributed by atoms with van der Waals surface area (Å²) < 4.78 is 0. The molecule has 1 aliphatic rings. The number of aromatic amines is 1. The minimum absolute atomic E-state index is 0.0502. The van der Waals surface area contributed by atoms with Gasteiger partial charge in [-0.1, -0.05) is 18.2 Å². The summed E-state index contributed by atoms with van der Waals surface area (Å²) in [5.41, 5.74) is 1.29. The van der Waals surface area contributed by atoms with E-state index in [9.17, 15) is 19.7 Å². The Hall–Kier alpha value is -3.59. The van der Waals surface area contributed by atoms with Gasteiger partial charge in [0.05, 0.1) is 22.4 Å². The highest BCUT2D eigenvalue weighted by molar-refractivity contribution is 5.95. The van der Waals surface area contributed by atoms with Crippen molar-refractivity contribution < 1.29 is 9.72 Å². The molecule has 0 bridgehead atoms. The number of nitrogens with one attached hydrogen (secondary N) is 1. The van der Waals surface area contributed by atoms with Gasteiger partial charge in [-0.15, -0.1) is 0 Å². The molecule has 0 spiro atoms. The molecule has 2 aromatic carbocycles. The van der Waals surface area contributed by atoms with Gasteiger partial charge in [-0.05, 0) is 25.1 Å². The van der Waals surface area contributed by atoms with E-state index < -0.39 is 4.92 Å². The molecular formula is C21H21N5O4. The number of nitro benzene ring substituents is 1. The predicted octanol–water partition coefficient (Wildman–Crippen LogP) is 2.10. The highest BCUT2D eigenvalue weighted by atomic mass is 16.6. The molecule has 1 N–H and O–H groups in total. The molecule has 0 aliphatic carbocycles.